The van der Waals surface area contributed by atoms with Crippen LogP contribution in [0.25, 0.3) is 0 Å². The molecule has 2 aromatic rings. The molecule has 0 fully saturated rings. The van der Waals surface area contributed by atoms with Gasteiger partial charge in [-0.15, -0.1) is 0 Å². The lowest BCUT2D eigenvalue weighted by Gasteiger charge is -2.16. The number of carbonyl (C=O) groups is 2. The fraction of sp³-hybridized carbons (Fsp3) is 0.176. The summed E-state index contributed by atoms with van der Waals surface area (Å²) in [5.41, 5.74) is 1.02. The van der Waals surface area contributed by atoms with Crippen molar-refractivity contribution in [1.82, 2.24) is 0 Å². The first-order valence-corrected chi connectivity index (χ1v) is 7.69. The van der Waals surface area contributed by atoms with Crippen LogP contribution in [0.2, 0.25) is 0 Å². The summed E-state index contributed by atoms with van der Waals surface area (Å²) in [7, 11) is 0. The Bertz CT molecular complexity index is 748. The maximum absolute atomic E-state index is 13.0. The number of ketones is 1. The number of Topliss-reactive ketones (excluding diaryl/α,β-unsaturated/α-hetero) is 1. The van der Waals surface area contributed by atoms with E-state index in [1.165, 1.54) is 25.1 Å². The zero-order valence-electron chi connectivity index (χ0n) is 12.6. The smallest absolute Gasteiger partial charge is 0.265 e. The van der Waals surface area contributed by atoms with E-state index in [1.807, 2.05) is 0 Å². The Balaban J connectivity index is 2.05. The number of ether oxygens (including phenoxy) is 1. The van der Waals surface area contributed by atoms with Gasteiger partial charge in [-0.2, -0.15) is 0 Å². The molecule has 120 valence electrons. The van der Waals surface area contributed by atoms with Gasteiger partial charge in [0, 0.05) is 11.3 Å². The molecule has 0 spiro atoms. The summed E-state index contributed by atoms with van der Waals surface area (Å²) in [6, 6.07) is 10.6. The van der Waals surface area contributed by atoms with Crippen LogP contribution in [-0.4, -0.2) is 17.8 Å². The normalized spacial score (nSPS) is 11.7. The highest BCUT2D eigenvalue weighted by Crippen LogP contribution is 2.26. The second-order valence-electron chi connectivity index (χ2n) is 4.96. The molecule has 1 amide bonds. The van der Waals surface area contributed by atoms with E-state index in [0.29, 0.717) is 21.5 Å². The van der Waals surface area contributed by atoms with E-state index in [0.717, 1.165) is 0 Å². The van der Waals surface area contributed by atoms with Crippen LogP contribution < -0.4 is 10.1 Å². The van der Waals surface area contributed by atoms with Crippen molar-refractivity contribution in [2.75, 3.05) is 5.32 Å². The number of amides is 1. The molecule has 4 nitrogen and oxygen atoms in total. The summed E-state index contributed by atoms with van der Waals surface area (Å²) in [4.78, 5) is 23.5. The number of anilines is 1. The van der Waals surface area contributed by atoms with E-state index in [1.54, 1.807) is 31.2 Å². The Morgan fingerprint density at radius 2 is 1.96 bits per heavy atom. The van der Waals surface area contributed by atoms with Crippen LogP contribution in [0.4, 0.5) is 10.1 Å². The quantitative estimate of drug-likeness (QED) is 0.792. The van der Waals surface area contributed by atoms with Gasteiger partial charge in [-0.05, 0) is 60.1 Å². The lowest BCUT2D eigenvalue weighted by Crippen LogP contribution is -2.30. The number of nitrogens with one attached hydrogen (secondary N) is 1. The van der Waals surface area contributed by atoms with E-state index in [2.05, 4.69) is 21.2 Å². The topological polar surface area (TPSA) is 55.4 Å². The van der Waals surface area contributed by atoms with Gasteiger partial charge in [0.05, 0.1) is 4.47 Å². The highest BCUT2D eigenvalue weighted by atomic mass is 79.9. The van der Waals surface area contributed by atoms with Gasteiger partial charge < -0.3 is 10.1 Å². The van der Waals surface area contributed by atoms with Crippen molar-refractivity contribution in [3.8, 4) is 5.75 Å². The van der Waals surface area contributed by atoms with E-state index < -0.39 is 11.9 Å². The molecule has 2 rings (SSSR count). The first-order valence-electron chi connectivity index (χ1n) is 6.90. The third-order valence-corrected chi connectivity index (χ3v) is 3.72. The third kappa shape index (κ3) is 4.63. The largest absolute Gasteiger partial charge is 0.480 e. The summed E-state index contributed by atoms with van der Waals surface area (Å²) in [5.74, 6) is -0.489. The first-order chi connectivity index (χ1) is 10.9. The average Bonchev–Trinajstić information content (AvgIpc) is 2.50. The van der Waals surface area contributed by atoms with Crippen LogP contribution in [0.5, 0.6) is 5.75 Å². The molecule has 0 unspecified atom stereocenters. The molecule has 0 aliphatic carbocycles. The minimum Gasteiger partial charge on any atom is -0.480 e. The number of benzene rings is 2. The monoisotopic (exact) mass is 379 g/mol. The molecule has 0 bridgehead atoms. The molecule has 0 heterocycles. The van der Waals surface area contributed by atoms with Crippen molar-refractivity contribution in [1.29, 1.82) is 0 Å². The molecule has 0 aromatic heterocycles. The standard InChI is InChI=1S/C17H15BrFNO3/c1-10(21)12-4-3-5-14(8-12)20-17(22)11(2)23-16-7-6-13(19)9-15(16)18/h3-9,11H,1-2H3,(H,20,22)/t11-/m0/s1. The molecule has 0 aliphatic rings. The van der Waals surface area contributed by atoms with Crippen LogP contribution in [0.15, 0.2) is 46.9 Å². The fourth-order valence-electron chi connectivity index (χ4n) is 1.87. The minimum atomic E-state index is -0.794. The van der Waals surface area contributed by atoms with Gasteiger partial charge in [-0.1, -0.05) is 12.1 Å². The number of halogens is 2. The van der Waals surface area contributed by atoms with E-state index >= 15 is 0 Å². The average molecular weight is 380 g/mol. The Morgan fingerprint density at radius 1 is 1.22 bits per heavy atom. The molecule has 2 aromatic carbocycles. The van der Waals surface area contributed by atoms with Gasteiger partial charge in [0.15, 0.2) is 11.9 Å². The van der Waals surface area contributed by atoms with E-state index in [-0.39, 0.29) is 11.7 Å². The molecule has 23 heavy (non-hydrogen) atoms. The van der Waals surface area contributed by atoms with Gasteiger partial charge >= 0.3 is 0 Å². The van der Waals surface area contributed by atoms with Crippen LogP contribution >= 0.6 is 15.9 Å². The van der Waals surface area contributed by atoms with Gasteiger partial charge in [0.1, 0.15) is 11.6 Å². The highest BCUT2D eigenvalue weighted by molar-refractivity contribution is 9.10. The van der Waals surface area contributed by atoms with Gasteiger partial charge in [0.2, 0.25) is 0 Å². The molecule has 0 radical (unpaired) electrons. The third-order valence-electron chi connectivity index (χ3n) is 3.10. The summed E-state index contributed by atoms with van der Waals surface area (Å²) in [6.45, 7) is 3.04. The van der Waals surface area contributed by atoms with Crippen molar-refractivity contribution in [2.45, 2.75) is 20.0 Å². The number of hydrogen-bond acceptors (Lipinski definition) is 3. The Morgan fingerprint density at radius 3 is 2.61 bits per heavy atom. The van der Waals surface area contributed by atoms with Crippen molar-refractivity contribution in [2.24, 2.45) is 0 Å². The maximum Gasteiger partial charge on any atom is 0.265 e. The van der Waals surface area contributed by atoms with Crippen LogP contribution in [-0.2, 0) is 4.79 Å². The molecule has 0 aliphatic heterocycles. The predicted octanol–water partition coefficient (Wildman–Crippen LogP) is 4.20. The zero-order valence-corrected chi connectivity index (χ0v) is 14.2. The Hall–Kier alpha value is -2.21. The molecule has 0 saturated heterocycles. The molecule has 1 atom stereocenters. The Labute approximate surface area is 141 Å². The minimum absolute atomic E-state index is 0.0827. The van der Waals surface area contributed by atoms with Gasteiger partial charge in [-0.3, -0.25) is 9.59 Å². The summed E-state index contributed by atoms with van der Waals surface area (Å²) >= 11 is 3.18. The second-order valence-corrected chi connectivity index (χ2v) is 5.82. The van der Waals surface area contributed by atoms with Gasteiger partial charge in [0.25, 0.3) is 5.91 Å². The van der Waals surface area contributed by atoms with Crippen molar-refractivity contribution >= 4 is 33.3 Å². The van der Waals surface area contributed by atoms with Crippen molar-refractivity contribution in [3.05, 3.63) is 58.3 Å². The second kappa shape index (κ2) is 7.37. The van der Waals surface area contributed by atoms with Crippen LogP contribution in [0, 0.1) is 5.82 Å². The van der Waals surface area contributed by atoms with Crippen molar-refractivity contribution in [3.63, 3.8) is 0 Å². The van der Waals surface area contributed by atoms with Crippen LogP contribution in [0.3, 0.4) is 0 Å². The molecule has 6 heteroatoms. The first kappa shape index (κ1) is 17.1. The van der Waals surface area contributed by atoms with Gasteiger partial charge in [-0.25, -0.2) is 4.39 Å². The number of rotatable bonds is 5. The Kier molecular flexibility index (Phi) is 5.50. The molecular weight excluding hydrogens is 365 g/mol. The zero-order chi connectivity index (χ0) is 17.0. The van der Waals surface area contributed by atoms with Crippen LogP contribution in [0.1, 0.15) is 24.2 Å². The lowest BCUT2D eigenvalue weighted by atomic mass is 10.1. The van der Waals surface area contributed by atoms with E-state index in [9.17, 15) is 14.0 Å². The van der Waals surface area contributed by atoms with E-state index in [4.69, 9.17) is 4.74 Å². The molecule has 1 N–H and O–H groups in total. The number of carbonyl (C=O) groups excluding carboxylic acids is 2. The summed E-state index contributed by atoms with van der Waals surface area (Å²) in [6.07, 6.45) is -0.794. The lowest BCUT2D eigenvalue weighted by molar-refractivity contribution is -0.122. The SMILES string of the molecule is CC(=O)c1cccc(NC(=O)[C@H](C)Oc2ccc(F)cc2Br)c1. The number of hydrogen-bond donors (Lipinski definition) is 1. The maximum atomic E-state index is 13.0. The summed E-state index contributed by atoms with van der Waals surface area (Å²) < 4.78 is 19.0. The predicted molar refractivity (Wildman–Crippen MR) is 89.3 cm³/mol. The highest BCUT2D eigenvalue weighted by Gasteiger charge is 2.16. The van der Waals surface area contributed by atoms with Crippen molar-refractivity contribution < 1.29 is 18.7 Å². The molecule has 0 saturated carbocycles. The fourth-order valence-corrected chi connectivity index (χ4v) is 2.32. The summed E-state index contributed by atoms with van der Waals surface area (Å²) in [5, 5.41) is 2.68. The molecular formula is C17H15BrFNO3.